The molecular weight excluding hydrogens is 998 g/mol. The Hall–Kier alpha value is -4.24. The van der Waals surface area contributed by atoms with Crippen LogP contribution >= 0.6 is 46.1 Å². The Balaban J connectivity index is 0.000000306. The first-order chi connectivity index (χ1) is 31.4. The van der Waals surface area contributed by atoms with Crippen LogP contribution in [-0.4, -0.2) is 104 Å². The Bertz CT molecular complexity index is 2210. The lowest BCUT2D eigenvalue weighted by Crippen LogP contribution is -2.26. The molecule has 2 aliphatic rings. The molecular formula is C43H60BrCl2N8O10PSi. The van der Waals surface area contributed by atoms with E-state index in [4.69, 9.17) is 62.7 Å². The molecule has 0 saturated carbocycles. The fraction of sp³-hybridized carbons (Fsp3) is 0.465. The summed E-state index contributed by atoms with van der Waals surface area (Å²) in [6, 6.07) is 15.2. The second-order valence-electron chi connectivity index (χ2n) is 15.2. The number of nitrogen functional groups attached to an aromatic ring is 2. The highest BCUT2D eigenvalue weighted by Gasteiger charge is 2.34. The number of alkyl halides is 2. The molecule has 4 heterocycles. The van der Waals surface area contributed by atoms with Gasteiger partial charge in [0.2, 0.25) is 11.8 Å². The molecule has 66 heavy (non-hydrogen) atoms. The van der Waals surface area contributed by atoms with Crippen LogP contribution in [0, 0.1) is 0 Å². The highest BCUT2D eigenvalue weighted by Crippen LogP contribution is 2.51. The third-order valence-corrected chi connectivity index (χ3v) is 10.9. The van der Waals surface area contributed by atoms with Crippen LogP contribution in [0.2, 0.25) is 19.6 Å². The number of hydrogen-bond donors (Lipinski definition) is 2. The topological polar surface area (TPSA) is 234 Å². The van der Waals surface area contributed by atoms with Crippen molar-refractivity contribution in [2.45, 2.75) is 72.0 Å². The van der Waals surface area contributed by atoms with Crippen molar-refractivity contribution in [1.29, 1.82) is 0 Å². The first kappa shape index (κ1) is 56.1. The average Bonchev–Trinajstić information content (AvgIpc) is 3.74. The Morgan fingerprint density at radius 2 is 1.06 bits per heavy atom. The van der Waals surface area contributed by atoms with E-state index < -0.39 is 14.3 Å². The lowest BCUT2D eigenvalue weighted by Gasteiger charge is -2.19. The van der Waals surface area contributed by atoms with Crippen molar-refractivity contribution in [1.82, 2.24) is 19.9 Å². The largest absolute Gasteiger partial charge is 0.461 e. The SMILES string of the molecule is CCOP(=O)(Cc1ccc(CN2C(=O)Cc3c(N)nc(OCCOC)nc32)cc1)OCC.COCCOc1nc(N)c2c(n1)N(Cc1ccc(CC=O)cc1)C(=O)C2.C[Si](C)(C)Br.ClCCl. The van der Waals surface area contributed by atoms with Crippen LogP contribution < -0.4 is 30.7 Å². The summed E-state index contributed by atoms with van der Waals surface area (Å²) >= 11 is 13.0. The van der Waals surface area contributed by atoms with E-state index in [1.165, 1.54) is 0 Å². The fourth-order valence-electron chi connectivity index (χ4n) is 6.08. The summed E-state index contributed by atoms with van der Waals surface area (Å²) in [5, 5.41) is 0.194. The minimum atomic E-state index is -3.18. The highest BCUT2D eigenvalue weighted by atomic mass is 79.9. The molecule has 2 aromatic carbocycles. The molecule has 0 fully saturated rings. The van der Waals surface area contributed by atoms with Gasteiger partial charge in [0, 0.05) is 31.8 Å². The van der Waals surface area contributed by atoms with Crippen molar-refractivity contribution in [2.75, 3.05) is 80.5 Å². The smallest absolute Gasteiger partial charge is 0.335 e. The predicted molar refractivity (Wildman–Crippen MR) is 263 cm³/mol. The average molecular weight is 1060 g/mol. The van der Waals surface area contributed by atoms with Gasteiger partial charge in [0.15, 0.2) is 0 Å². The first-order valence-electron chi connectivity index (χ1n) is 20.9. The molecule has 18 nitrogen and oxygen atoms in total. The molecule has 0 atom stereocenters. The maximum absolute atomic E-state index is 12.7. The number of benzene rings is 2. The van der Waals surface area contributed by atoms with E-state index in [0.717, 1.165) is 28.5 Å². The van der Waals surface area contributed by atoms with Gasteiger partial charge in [-0.25, -0.2) is 0 Å². The molecule has 2 aromatic heterocycles. The number of halogens is 3. The third kappa shape index (κ3) is 18.4. The second kappa shape index (κ2) is 28.2. The van der Waals surface area contributed by atoms with E-state index in [-0.39, 0.29) is 66.4 Å². The summed E-state index contributed by atoms with van der Waals surface area (Å²) in [4.78, 5) is 55.7. The van der Waals surface area contributed by atoms with Gasteiger partial charge < -0.3 is 44.3 Å². The van der Waals surface area contributed by atoms with Crippen molar-refractivity contribution in [2.24, 2.45) is 0 Å². The van der Waals surface area contributed by atoms with Gasteiger partial charge in [0.1, 0.15) is 49.5 Å². The monoisotopic (exact) mass is 1060 g/mol. The van der Waals surface area contributed by atoms with Crippen LogP contribution in [0.4, 0.5) is 23.3 Å². The summed E-state index contributed by atoms with van der Waals surface area (Å²) in [7, 11) is -0.0399. The van der Waals surface area contributed by atoms with Crippen LogP contribution in [0.25, 0.3) is 0 Å². The van der Waals surface area contributed by atoms with Crippen LogP contribution in [-0.2, 0) is 76.0 Å². The van der Waals surface area contributed by atoms with Crippen molar-refractivity contribution in [3.63, 3.8) is 0 Å². The molecule has 0 spiro atoms. The number of aromatic nitrogens is 4. The molecule has 0 saturated heterocycles. The number of hydrogen-bond acceptors (Lipinski definition) is 16. The lowest BCUT2D eigenvalue weighted by atomic mass is 10.1. The molecule has 2 amide bonds. The van der Waals surface area contributed by atoms with E-state index in [2.05, 4.69) is 54.9 Å². The number of anilines is 4. The van der Waals surface area contributed by atoms with Crippen molar-refractivity contribution in [3.8, 4) is 12.0 Å². The molecule has 4 aromatic rings. The number of ether oxygens (including phenoxy) is 4. The van der Waals surface area contributed by atoms with Gasteiger partial charge in [0.25, 0.3) is 0 Å². The number of amides is 2. The molecule has 0 unspecified atom stereocenters. The van der Waals surface area contributed by atoms with E-state index in [0.29, 0.717) is 75.3 Å². The van der Waals surface area contributed by atoms with Crippen molar-refractivity contribution in [3.05, 3.63) is 81.9 Å². The second-order valence-corrected chi connectivity index (χ2v) is 29.3. The lowest BCUT2D eigenvalue weighted by molar-refractivity contribution is -0.118. The van der Waals surface area contributed by atoms with Gasteiger partial charge in [-0.3, -0.25) is 24.0 Å². The van der Waals surface area contributed by atoms with Crippen LogP contribution in [0.3, 0.4) is 0 Å². The Morgan fingerprint density at radius 1 is 0.697 bits per heavy atom. The number of rotatable bonds is 20. The Morgan fingerprint density at radius 3 is 1.41 bits per heavy atom. The summed E-state index contributed by atoms with van der Waals surface area (Å²) in [5.74, 6) is 1.21. The molecule has 0 bridgehead atoms. The molecule has 362 valence electrons. The van der Waals surface area contributed by atoms with Gasteiger partial charge in [0.05, 0.1) is 63.9 Å². The summed E-state index contributed by atoms with van der Waals surface area (Å²) in [6.45, 7) is 12.1. The van der Waals surface area contributed by atoms with E-state index in [9.17, 15) is 18.9 Å². The molecule has 23 heteroatoms. The predicted octanol–water partition coefficient (Wildman–Crippen LogP) is 7.49. The Kier molecular flexibility index (Phi) is 23.9. The van der Waals surface area contributed by atoms with Gasteiger partial charge >= 0.3 is 19.6 Å². The minimum absolute atomic E-state index is 0.0907. The zero-order valence-electron chi connectivity index (χ0n) is 38.4. The molecule has 0 radical (unpaired) electrons. The van der Waals surface area contributed by atoms with Crippen molar-refractivity contribution >= 4 is 94.2 Å². The van der Waals surface area contributed by atoms with Gasteiger partial charge in [-0.15, -0.1) is 38.5 Å². The summed E-state index contributed by atoms with van der Waals surface area (Å²) in [5.41, 5.74) is 16.8. The number of carbonyl (C=O) groups is 3. The van der Waals surface area contributed by atoms with E-state index in [1.54, 1.807) is 37.9 Å². The minimum Gasteiger partial charge on any atom is -0.461 e. The van der Waals surface area contributed by atoms with E-state index in [1.807, 2.05) is 48.5 Å². The van der Waals surface area contributed by atoms with E-state index >= 15 is 0 Å². The van der Waals surface area contributed by atoms with Gasteiger partial charge in [-0.05, 0) is 36.1 Å². The molecule has 4 N–H and O–H groups in total. The molecule has 2 aliphatic heterocycles. The maximum atomic E-state index is 12.7. The molecule has 6 rings (SSSR count). The summed E-state index contributed by atoms with van der Waals surface area (Å²) < 4.78 is 44.3. The summed E-state index contributed by atoms with van der Waals surface area (Å²) in [6.07, 6.45) is 1.73. The first-order valence-corrected chi connectivity index (χ1v) is 29.4. The number of methoxy groups -OCH3 is 2. The maximum Gasteiger partial charge on any atom is 0.335 e. The molecule has 0 aliphatic carbocycles. The normalized spacial score (nSPS) is 12.8. The number of fused-ring (bicyclic) bond motifs is 2. The zero-order chi connectivity index (χ0) is 48.9. The van der Waals surface area contributed by atoms with Crippen molar-refractivity contribution < 1.29 is 46.9 Å². The zero-order valence-corrected chi connectivity index (χ0v) is 43.4. The fourth-order valence-corrected chi connectivity index (χ4v) is 7.78. The number of carbonyl (C=O) groups excluding carboxylic acids is 3. The number of nitrogens with zero attached hydrogens (tertiary/aromatic N) is 6. The number of aldehydes is 1. The quantitative estimate of drug-likeness (QED) is 0.0218. The van der Waals surface area contributed by atoms with Crippen LogP contribution in [0.15, 0.2) is 48.5 Å². The highest BCUT2D eigenvalue weighted by molar-refractivity contribution is 9.26. The van der Waals surface area contributed by atoms with Gasteiger partial charge in [-0.2, -0.15) is 19.9 Å². The van der Waals surface area contributed by atoms with Gasteiger partial charge in [-0.1, -0.05) is 68.2 Å². The Labute approximate surface area is 405 Å². The van der Waals surface area contributed by atoms with Crippen LogP contribution in [0.1, 0.15) is 47.2 Å². The third-order valence-electron chi connectivity index (χ3n) is 8.87. The standard InChI is InChI=1S/C21H29N4O6P.C18H20N4O4.C3H9BrSi.CH2Cl2/c1-4-30-32(27,31-5-2)14-16-8-6-15(7-9-16)13-25-18(26)12-17-19(22)23-21(24-20(17)25)29-11-10-28-3;1-25-8-9-26-18-20-16(19)14-10-15(24)22(17(14)21-18)11-13-4-2-12(3-5-13)6-7-23;1-5(2,3)4;2-1-3/h6-9H,4-5,10-14H2,1-3H3,(H2,22,23,24);2-5,7H,6,8-11H2,1H3,(H2,19,20,21);1-3H3;1H2. The number of nitrogens with two attached hydrogens (primary N) is 2. The van der Waals surface area contributed by atoms with Crippen LogP contribution in [0.5, 0.6) is 12.0 Å².